The summed E-state index contributed by atoms with van der Waals surface area (Å²) >= 11 is 0. The summed E-state index contributed by atoms with van der Waals surface area (Å²) in [6.07, 6.45) is 2.98. The molecule has 0 bridgehead atoms. The van der Waals surface area contributed by atoms with E-state index in [2.05, 4.69) is 87.7 Å². The number of carbonyl (C=O) groups is 2. The summed E-state index contributed by atoms with van der Waals surface area (Å²) in [5.41, 5.74) is 0.249. The lowest BCUT2D eigenvalue weighted by atomic mass is 9.73. The van der Waals surface area contributed by atoms with Crippen LogP contribution >= 0.6 is 0 Å². The zero-order valence-corrected chi connectivity index (χ0v) is 32.1. The predicted octanol–water partition coefficient (Wildman–Crippen LogP) is 8.84. The van der Waals surface area contributed by atoms with E-state index in [0.29, 0.717) is 6.42 Å². The summed E-state index contributed by atoms with van der Waals surface area (Å²) in [7, 11) is -4.55. The molecule has 0 aromatic carbocycles. The minimum atomic E-state index is -2.37. The second-order valence-corrected chi connectivity index (χ2v) is 26.2. The van der Waals surface area contributed by atoms with Crippen molar-refractivity contribution < 1.29 is 28.3 Å². The van der Waals surface area contributed by atoms with Gasteiger partial charge in [-0.1, -0.05) is 80.9 Å². The van der Waals surface area contributed by atoms with Gasteiger partial charge in [-0.3, -0.25) is 9.59 Å². The summed E-state index contributed by atoms with van der Waals surface area (Å²) < 4.78 is 19.8. The van der Waals surface area contributed by atoms with E-state index in [0.717, 1.165) is 19.3 Å². The van der Waals surface area contributed by atoms with Crippen LogP contribution in [0.2, 0.25) is 36.3 Å². The number of carbonyl (C=O) groups excluding carboxylic acids is 2. The van der Waals surface area contributed by atoms with Gasteiger partial charge in [-0.15, -0.1) is 0 Å². The van der Waals surface area contributed by atoms with Gasteiger partial charge in [-0.2, -0.15) is 0 Å². The first kappa shape index (κ1) is 39.2. The highest BCUT2D eigenvalue weighted by Gasteiger charge is 2.50. The van der Waals surface area contributed by atoms with E-state index in [4.69, 9.17) is 13.6 Å². The fourth-order valence-corrected chi connectivity index (χ4v) is 8.01. The molecular weight excluding hydrogens is 561 g/mol. The third kappa shape index (κ3) is 10.4. The van der Waals surface area contributed by atoms with Crippen molar-refractivity contribution in [2.75, 3.05) is 0 Å². The summed E-state index contributed by atoms with van der Waals surface area (Å²) in [5, 5.41) is 10.3. The molecule has 1 heterocycles. The van der Waals surface area contributed by atoms with Crippen LogP contribution in [-0.2, 0) is 23.2 Å². The highest BCUT2D eigenvalue weighted by atomic mass is 28.4. The number of allylic oxidation sites excluding steroid dienone is 1. The zero-order chi connectivity index (χ0) is 33.1. The van der Waals surface area contributed by atoms with E-state index < -0.39 is 46.3 Å². The van der Waals surface area contributed by atoms with E-state index >= 15 is 0 Å². The Bertz CT molecular complexity index is 939. The largest absolute Gasteiger partial charge is 0.459 e. The van der Waals surface area contributed by atoms with Crippen LogP contribution in [0.1, 0.15) is 115 Å². The lowest BCUT2D eigenvalue weighted by molar-refractivity contribution is -0.159. The van der Waals surface area contributed by atoms with Crippen molar-refractivity contribution in [3.8, 4) is 0 Å². The third-order valence-electron chi connectivity index (χ3n) is 10.5. The van der Waals surface area contributed by atoms with Crippen molar-refractivity contribution in [1.82, 2.24) is 0 Å². The summed E-state index contributed by atoms with van der Waals surface area (Å²) in [5.74, 6) is -0.575. The molecule has 246 valence electrons. The number of aliphatic hydroxyl groups excluding tert-OH is 1. The molecule has 0 radical (unpaired) electrons. The molecule has 1 rings (SSSR count). The maximum absolute atomic E-state index is 14.6. The molecule has 42 heavy (non-hydrogen) atoms. The summed E-state index contributed by atoms with van der Waals surface area (Å²) in [4.78, 5) is 28.1. The average Bonchev–Trinajstić information content (AvgIpc) is 2.81. The Morgan fingerprint density at radius 2 is 1.48 bits per heavy atom. The van der Waals surface area contributed by atoms with Crippen LogP contribution in [-0.4, -0.2) is 57.9 Å². The molecule has 0 aromatic rings. The monoisotopic (exact) mass is 626 g/mol. The van der Waals surface area contributed by atoms with Crippen molar-refractivity contribution in [3.05, 3.63) is 11.6 Å². The smallest absolute Gasteiger partial charge is 0.308 e. The molecule has 0 amide bonds. The van der Waals surface area contributed by atoms with Gasteiger partial charge in [0.25, 0.3) is 0 Å². The molecule has 1 N–H and O–H groups in total. The second kappa shape index (κ2) is 14.5. The summed E-state index contributed by atoms with van der Waals surface area (Å²) in [6.45, 7) is 33.8. The van der Waals surface area contributed by atoms with E-state index in [9.17, 15) is 14.7 Å². The zero-order valence-electron chi connectivity index (χ0n) is 30.1. The molecule has 8 heteroatoms. The topological polar surface area (TPSA) is 82.1 Å². The second-order valence-electron chi connectivity index (χ2n) is 16.7. The van der Waals surface area contributed by atoms with Crippen LogP contribution < -0.4 is 0 Å². The van der Waals surface area contributed by atoms with Gasteiger partial charge < -0.3 is 18.7 Å². The highest BCUT2D eigenvalue weighted by Crippen LogP contribution is 2.44. The van der Waals surface area contributed by atoms with Gasteiger partial charge in [0.1, 0.15) is 11.9 Å². The molecule has 1 unspecified atom stereocenters. The van der Waals surface area contributed by atoms with Crippen molar-refractivity contribution in [2.45, 2.75) is 176 Å². The Kier molecular flexibility index (Phi) is 13.6. The quantitative estimate of drug-likeness (QED) is 0.187. The van der Waals surface area contributed by atoms with Crippen LogP contribution in [0.15, 0.2) is 11.6 Å². The maximum atomic E-state index is 14.6. The van der Waals surface area contributed by atoms with Crippen molar-refractivity contribution >= 4 is 28.4 Å². The van der Waals surface area contributed by atoms with Gasteiger partial charge in [0.2, 0.25) is 0 Å². The first-order chi connectivity index (χ1) is 18.7. The van der Waals surface area contributed by atoms with Gasteiger partial charge >= 0.3 is 5.97 Å². The summed E-state index contributed by atoms with van der Waals surface area (Å²) in [6, 6.07) is 0. The molecule has 0 aromatic heterocycles. The number of Topliss-reactive ketones (excluding diaryl/α,β-unsaturated/α-hetero) is 1. The molecule has 6 nitrogen and oxygen atoms in total. The first-order valence-corrected chi connectivity index (χ1v) is 22.0. The normalized spacial score (nSPS) is 30.3. The number of hydrogen-bond acceptors (Lipinski definition) is 6. The van der Waals surface area contributed by atoms with Crippen LogP contribution in [0.5, 0.6) is 0 Å². The standard InChI is InChI=1S/C34H66O6Si2/c1-23-18-17-19-24(2)30(40-42(15,16)33(8,9)10)25(3)31(37)34(11,12)28(39-41(13,14)32(5,6)7)22-29(36)38-27(21-20-23)26(4)35/h20,24-28,30,35H,17-19,21-22H2,1-16H3/b23-20-/t24-,25-,26?,27+,28+,30+/m1/s1. The van der Waals surface area contributed by atoms with Crippen molar-refractivity contribution in [3.63, 3.8) is 0 Å². The number of ketones is 1. The fourth-order valence-electron chi connectivity index (χ4n) is 5.10. The van der Waals surface area contributed by atoms with E-state index in [1.807, 2.05) is 20.8 Å². The molecule has 1 aliphatic rings. The molecule has 0 fully saturated rings. The first-order valence-electron chi connectivity index (χ1n) is 16.2. The van der Waals surface area contributed by atoms with Gasteiger partial charge in [0.15, 0.2) is 16.6 Å². The fraction of sp³-hybridized carbons (Fsp3) is 0.882. The Morgan fingerprint density at radius 1 is 0.976 bits per heavy atom. The number of ether oxygens (including phenoxy) is 1. The number of rotatable bonds is 5. The van der Waals surface area contributed by atoms with E-state index in [-0.39, 0.29) is 40.2 Å². The van der Waals surface area contributed by atoms with Crippen LogP contribution in [0.4, 0.5) is 0 Å². The van der Waals surface area contributed by atoms with Crippen molar-refractivity contribution in [1.29, 1.82) is 0 Å². The molecule has 0 aliphatic carbocycles. The molecule has 0 spiro atoms. The van der Waals surface area contributed by atoms with Crippen LogP contribution in [0, 0.1) is 17.3 Å². The van der Waals surface area contributed by atoms with Gasteiger partial charge in [-0.05, 0) is 75.3 Å². The SMILES string of the molecule is C/C1=C/C[C@@H](C(C)O)OC(=O)C[C@H](O[Si](C)(C)C(C)(C)C)C(C)(C)C(=O)[C@H](C)[C@@H](O[Si](C)(C)C(C)(C)C)[C@H](C)CCC1. The average molecular weight is 627 g/mol. The molecule has 0 saturated carbocycles. The highest BCUT2D eigenvalue weighted by molar-refractivity contribution is 6.74. The third-order valence-corrected chi connectivity index (χ3v) is 19.4. The lowest BCUT2D eigenvalue weighted by Crippen LogP contribution is -2.54. The molecule has 0 saturated heterocycles. The number of cyclic esters (lactones) is 1. The number of esters is 1. The van der Waals surface area contributed by atoms with Gasteiger partial charge in [0, 0.05) is 17.8 Å². The molecule has 6 atom stereocenters. The minimum absolute atomic E-state index is 0.0116. The predicted molar refractivity (Wildman–Crippen MR) is 180 cm³/mol. The Morgan fingerprint density at radius 3 is 1.95 bits per heavy atom. The van der Waals surface area contributed by atoms with Crippen LogP contribution in [0.3, 0.4) is 0 Å². The van der Waals surface area contributed by atoms with Crippen LogP contribution in [0.25, 0.3) is 0 Å². The Labute approximate surface area is 261 Å². The maximum Gasteiger partial charge on any atom is 0.308 e. The van der Waals surface area contributed by atoms with Gasteiger partial charge in [0.05, 0.1) is 24.7 Å². The lowest BCUT2D eigenvalue weighted by Gasteiger charge is -2.46. The minimum Gasteiger partial charge on any atom is -0.459 e. The number of hydrogen-bond donors (Lipinski definition) is 1. The van der Waals surface area contributed by atoms with E-state index in [1.54, 1.807) is 6.92 Å². The Hall–Kier alpha value is -0.806. The Balaban J connectivity index is 3.71. The number of aliphatic hydroxyl groups is 1. The molecule has 1 aliphatic heterocycles. The van der Waals surface area contributed by atoms with Gasteiger partial charge in [-0.25, -0.2) is 0 Å². The van der Waals surface area contributed by atoms with Crippen molar-refractivity contribution in [2.24, 2.45) is 17.3 Å². The van der Waals surface area contributed by atoms with E-state index in [1.165, 1.54) is 5.57 Å². The molecular formula is C34H66O6Si2.